The van der Waals surface area contributed by atoms with Gasteiger partial charge < -0.3 is 14.4 Å². The predicted molar refractivity (Wildman–Crippen MR) is 120 cm³/mol. The highest BCUT2D eigenvalue weighted by Crippen LogP contribution is 2.52. The van der Waals surface area contributed by atoms with Crippen molar-refractivity contribution >= 4 is 5.91 Å². The number of tetrazole rings is 1. The minimum Gasteiger partial charge on any atom is -0.378 e. The van der Waals surface area contributed by atoms with E-state index in [9.17, 15) is 4.79 Å². The third-order valence-electron chi connectivity index (χ3n) is 8.17. The molecule has 0 radical (unpaired) electrons. The lowest BCUT2D eigenvalue weighted by Crippen LogP contribution is -2.54. The zero-order valence-corrected chi connectivity index (χ0v) is 19.6. The van der Waals surface area contributed by atoms with Crippen LogP contribution in [0.3, 0.4) is 0 Å². The summed E-state index contributed by atoms with van der Waals surface area (Å²) in [5.74, 6) is 0.835. The number of fused-ring (bicyclic) bond motifs is 2. The molecule has 34 heavy (non-hydrogen) atoms. The van der Waals surface area contributed by atoms with Gasteiger partial charge in [-0.2, -0.15) is 4.68 Å². The zero-order chi connectivity index (χ0) is 23.3. The summed E-state index contributed by atoms with van der Waals surface area (Å²) >= 11 is 0. The number of carbonyl (C=O) groups excluding carboxylic acids is 1. The van der Waals surface area contributed by atoms with Gasteiger partial charge in [0.05, 0.1) is 49.4 Å². The van der Waals surface area contributed by atoms with Crippen molar-refractivity contribution in [3.8, 4) is 5.82 Å². The molecule has 180 valence electrons. The number of hydrogen-bond acceptors (Lipinski definition) is 9. The Morgan fingerprint density at radius 2 is 2.00 bits per heavy atom. The number of carbonyl (C=O) groups is 1. The highest BCUT2D eigenvalue weighted by Gasteiger charge is 2.61. The first-order valence-corrected chi connectivity index (χ1v) is 12.0. The van der Waals surface area contributed by atoms with Crippen LogP contribution in [0.2, 0.25) is 0 Å². The molecule has 2 aromatic heterocycles. The number of aromatic nitrogens is 6. The first-order valence-electron chi connectivity index (χ1n) is 12.0. The average molecular weight is 467 g/mol. The van der Waals surface area contributed by atoms with E-state index in [1.54, 1.807) is 19.5 Å². The van der Waals surface area contributed by atoms with E-state index in [-0.39, 0.29) is 12.0 Å². The van der Waals surface area contributed by atoms with Crippen molar-refractivity contribution in [1.82, 2.24) is 40.0 Å². The SMILES string of the molecule is COC1CN(C2=C(C)COC2)C(=O)C12CC1CCC(C2)N1CCc1cnc(-n2cnnn2)cn1. The molecule has 3 fully saturated rings. The molecule has 6 rings (SSSR count). The number of piperidine rings is 1. The van der Waals surface area contributed by atoms with Crippen LogP contribution < -0.4 is 0 Å². The van der Waals surface area contributed by atoms with Gasteiger partial charge in [0.2, 0.25) is 5.91 Å². The smallest absolute Gasteiger partial charge is 0.235 e. The number of hydrogen-bond donors (Lipinski definition) is 0. The molecule has 1 spiro atoms. The quantitative estimate of drug-likeness (QED) is 0.609. The molecule has 1 amide bonds. The van der Waals surface area contributed by atoms with Gasteiger partial charge in [0.15, 0.2) is 5.82 Å². The van der Waals surface area contributed by atoms with E-state index in [0.717, 1.165) is 55.6 Å². The van der Waals surface area contributed by atoms with Gasteiger partial charge in [-0.1, -0.05) is 0 Å². The van der Waals surface area contributed by atoms with Crippen molar-refractivity contribution < 1.29 is 14.3 Å². The molecule has 11 heteroatoms. The Morgan fingerprint density at radius 1 is 1.18 bits per heavy atom. The summed E-state index contributed by atoms with van der Waals surface area (Å²) in [5, 5.41) is 11.1. The molecule has 3 atom stereocenters. The van der Waals surface area contributed by atoms with E-state index in [1.807, 2.05) is 4.90 Å². The summed E-state index contributed by atoms with van der Waals surface area (Å²) in [4.78, 5) is 27.4. The summed E-state index contributed by atoms with van der Waals surface area (Å²) in [6, 6.07) is 0.785. The van der Waals surface area contributed by atoms with Gasteiger partial charge in [-0.25, -0.2) is 4.98 Å². The molecular weight excluding hydrogens is 436 g/mol. The fourth-order valence-corrected chi connectivity index (χ4v) is 6.46. The van der Waals surface area contributed by atoms with Gasteiger partial charge in [0.1, 0.15) is 6.33 Å². The Kier molecular flexibility index (Phi) is 5.42. The molecule has 2 aromatic rings. The number of likely N-dealkylation sites (tertiary alicyclic amines) is 1. The fourth-order valence-electron chi connectivity index (χ4n) is 6.46. The highest BCUT2D eigenvalue weighted by molar-refractivity contribution is 5.88. The first kappa shape index (κ1) is 21.8. The Bertz CT molecular complexity index is 1070. The van der Waals surface area contributed by atoms with E-state index in [1.165, 1.54) is 11.0 Å². The van der Waals surface area contributed by atoms with Crippen LogP contribution in [0, 0.1) is 5.41 Å². The van der Waals surface area contributed by atoms with Crippen LogP contribution >= 0.6 is 0 Å². The van der Waals surface area contributed by atoms with Gasteiger partial charge in [-0.3, -0.25) is 14.7 Å². The van der Waals surface area contributed by atoms with Crippen molar-refractivity contribution in [2.45, 2.75) is 57.2 Å². The second kappa shape index (κ2) is 8.47. The summed E-state index contributed by atoms with van der Waals surface area (Å²) in [6.07, 6.45) is 9.71. The zero-order valence-electron chi connectivity index (χ0n) is 19.6. The maximum Gasteiger partial charge on any atom is 0.235 e. The Balaban J connectivity index is 1.15. The summed E-state index contributed by atoms with van der Waals surface area (Å²) in [6.45, 7) is 4.75. The van der Waals surface area contributed by atoms with Crippen LogP contribution in [0.15, 0.2) is 30.0 Å². The number of ether oxygens (including phenoxy) is 2. The van der Waals surface area contributed by atoms with Crippen molar-refractivity contribution in [2.75, 3.05) is 33.4 Å². The molecule has 0 aromatic carbocycles. The third kappa shape index (κ3) is 3.45. The predicted octanol–water partition coefficient (Wildman–Crippen LogP) is 0.769. The highest BCUT2D eigenvalue weighted by atomic mass is 16.5. The molecule has 4 aliphatic heterocycles. The molecule has 6 heterocycles. The second-order valence-electron chi connectivity index (χ2n) is 9.92. The van der Waals surface area contributed by atoms with Gasteiger partial charge >= 0.3 is 0 Å². The molecular formula is C23H30N8O3. The molecule has 3 saturated heterocycles. The van der Waals surface area contributed by atoms with E-state index in [4.69, 9.17) is 9.47 Å². The molecule has 0 aliphatic carbocycles. The molecule has 2 bridgehead atoms. The number of nitrogens with zero attached hydrogens (tertiary/aromatic N) is 8. The van der Waals surface area contributed by atoms with E-state index < -0.39 is 5.41 Å². The lowest BCUT2D eigenvalue weighted by Gasteiger charge is -2.45. The Labute approximate surface area is 198 Å². The lowest BCUT2D eigenvalue weighted by atomic mass is 9.71. The van der Waals surface area contributed by atoms with Crippen LogP contribution in [-0.4, -0.2) is 97.5 Å². The van der Waals surface area contributed by atoms with Gasteiger partial charge in [0, 0.05) is 37.9 Å². The maximum atomic E-state index is 13.8. The molecule has 0 saturated carbocycles. The van der Waals surface area contributed by atoms with Crippen LogP contribution in [0.5, 0.6) is 0 Å². The van der Waals surface area contributed by atoms with Gasteiger partial charge in [-0.05, 0) is 48.6 Å². The van der Waals surface area contributed by atoms with Crippen molar-refractivity contribution in [3.05, 3.63) is 35.7 Å². The lowest BCUT2D eigenvalue weighted by molar-refractivity contribution is -0.143. The summed E-state index contributed by atoms with van der Waals surface area (Å²) in [5.41, 5.74) is 2.72. The van der Waals surface area contributed by atoms with E-state index in [0.29, 0.717) is 37.7 Å². The molecule has 11 nitrogen and oxygen atoms in total. The van der Waals surface area contributed by atoms with Crippen molar-refractivity contribution in [2.24, 2.45) is 5.41 Å². The minimum atomic E-state index is -0.430. The molecule has 0 N–H and O–H groups in total. The largest absolute Gasteiger partial charge is 0.378 e. The average Bonchev–Trinajstić information content (AvgIpc) is 3.62. The summed E-state index contributed by atoms with van der Waals surface area (Å²) in [7, 11) is 1.75. The van der Waals surface area contributed by atoms with Crippen LogP contribution in [0.1, 0.15) is 38.3 Å². The Morgan fingerprint density at radius 3 is 2.62 bits per heavy atom. The Hall–Kier alpha value is -2.76. The topological polar surface area (TPSA) is 111 Å². The monoisotopic (exact) mass is 466 g/mol. The van der Waals surface area contributed by atoms with E-state index in [2.05, 4.69) is 37.3 Å². The van der Waals surface area contributed by atoms with Gasteiger partial charge in [-0.15, -0.1) is 5.10 Å². The van der Waals surface area contributed by atoms with Crippen LogP contribution in [0.25, 0.3) is 5.82 Å². The normalized spacial score (nSPS) is 31.4. The van der Waals surface area contributed by atoms with Gasteiger partial charge in [0.25, 0.3) is 0 Å². The summed E-state index contributed by atoms with van der Waals surface area (Å²) < 4.78 is 13.1. The maximum absolute atomic E-state index is 13.8. The van der Waals surface area contributed by atoms with E-state index >= 15 is 0 Å². The van der Waals surface area contributed by atoms with Crippen molar-refractivity contribution in [3.63, 3.8) is 0 Å². The number of methoxy groups -OCH3 is 1. The second-order valence-corrected chi connectivity index (χ2v) is 9.92. The van der Waals surface area contributed by atoms with Crippen LogP contribution in [-0.2, 0) is 20.7 Å². The molecule has 4 aliphatic rings. The third-order valence-corrected chi connectivity index (χ3v) is 8.17. The standard InChI is InChI=1S/C23H30N8O3/c1-15-12-34-13-19(15)30-11-20(33-2)23(22(30)32)7-17-3-4-18(8-23)29(17)6-5-16-9-25-21(10-24-16)31-14-26-27-28-31/h9-10,14,17-18,20H,3-8,11-13H2,1-2H3. The fraction of sp³-hybridized carbons (Fsp3) is 0.652. The van der Waals surface area contributed by atoms with Crippen molar-refractivity contribution in [1.29, 1.82) is 0 Å². The van der Waals surface area contributed by atoms with Crippen LogP contribution in [0.4, 0.5) is 0 Å². The number of amides is 1. The molecule has 3 unspecified atom stereocenters. The first-order chi connectivity index (χ1) is 16.6. The minimum absolute atomic E-state index is 0.0733. The number of rotatable bonds is 6.